The Bertz CT molecular complexity index is 178. The zero-order chi connectivity index (χ0) is 9.31. The van der Waals surface area contributed by atoms with Crippen molar-refractivity contribution in [2.75, 3.05) is 24.6 Å². The monoisotopic (exact) mass is 200 g/mol. The smallest absolute Gasteiger partial charge is 0.0376 e. The van der Waals surface area contributed by atoms with Gasteiger partial charge in [0.1, 0.15) is 0 Å². The number of hydrogen-bond donors (Lipinski definition) is 1. The lowest BCUT2D eigenvalue weighted by atomic mass is 9.85. The van der Waals surface area contributed by atoms with Crippen molar-refractivity contribution in [3.63, 3.8) is 0 Å². The number of hydrogen-bond acceptors (Lipinski definition) is 3. The molecule has 2 aliphatic heterocycles. The van der Waals surface area contributed by atoms with Gasteiger partial charge in [0.25, 0.3) is 0 Å². The zero-order valence-electron chi connectivity index (χ0n) is 8.46. The Morgan fingerprint density at radius 3 is 2.77 bits per heavy atom. The van der Waals surface area contributed by atoms with Crippen LogP contribution >= 0.6 is 11.8 Å². The van der Waals surface area contributed by atoms with E-state index in [0.717, 1.165) is 0 Å². The van der Waals surface area contributed by atoms with Crippen molar-refractivity contribution in [2.24, 2.45) is 5.73 Å². The second kappa shape index (κ2) is 3.79. The molecule has 76 valence electrons. The maximum Gasteiger partial charge on any atom is 0.0376 e. The normalized spacial score (nSPS) is 34.2. The summed E-state index contributed by atoms with van der Waals surface area (Å²) >= 11 is 2.09. The molecule has 1 unspecified atom stereocenters. The first-order valence-electron chi connectivity index (χ1n) is 5.38. The van der Waals surface area contributed by atoms with Crippen LogP contribution < -0.4 is 5.73 Å². The Labute approximate surface area is 85.2 Å². The van der Waals surface area contributed by atoms with E-state index < -0.39 is 0 Å². The van der Waals surface area contributed by atoms with E-state index in [2.05, 4.69) is 23.6 Å². The summed E-state index contributed by atoms with van der Waals surface area (Å²) in [6.07, 6.45) is 3.83. The Balaban J connectivity index is 2.14. The van der Waals surface area contributed by atoms with Crippen molar-refractivity contribution in [3.05, 3.63) is 0 Å². The van der Waals surface area contributed by atoms with E-state index in [4.69, 9.17) is 5.73 Å². The molecule has 2 fully saturated rings. The summed E-state index contributed by atoms with van der Waals surface area (Å²) in [6.45, 7) is 4.67. The Kier molecular flexibility index (Phi) is 2.86. The molecule has 0 amide bonds. The van der Waals surface area contributed by atoms with Crippen LogP contribution in [0.5, 0.6) is 0 Å². The second-order valence-corrected chi connectivity index (χ2v) is 5.42. The minimum atomic E-state index is 0.389. The molecule has 1 atom stereocenters. The standard InChI is InChI=1S/C10H20N2S/c1-2-12-6-3-9(11)10(12)4-7-13-8-5-10/h9H,2-8,11H2,1H3. The molecule has 2 N–H and O–H groups in total. The summed E-state index contributed by atoms with van der Waals surface area (Å²) in [4.78, 5) is 2.62. The number of likely N-dealkylation sites (tertiary alicyclic amines) is 1. The molecule has 1 spiro atoms. The van der Waals surface area contributed by atoms with Crippen LogP contribution in [0.3, 0.4) is 0 Å². The third kappa shape index (κ3) is 1.51. The molecule has 0 saturated carbocycles. The predicted molar refractivity (Wildman–Crippen MR) is 59.1 cm³/mol. The zero-order valence-corrected chi connectivity index (χ0v) is 9.28. The molecular weight excluding hydrogens is 180 g/mol. The van der Waals surface area contributed by atoms with Crippen LogP contribution in [0.1, 0.15) is 26.2 Å². The maximum atomic E-state index is 6.26. The van der Waals surface area contributed by atoms with Gasteiger partial charge < -0.3 is 5.73 Å². The lowest BCUT2D eigenvalue weighted by Gasteiger charge is -2.43. The van der Waals surface area contributed by atoms with E-state index in [0.29, 0.717) is 11.6 Å². The highest BCUT2D eigenvalue weighted by Crippen LogP contribution is 2.39. The molecule has 0 aromatic carbocycles. The molecule has 0 aromatic rings. The van der Waals surface area contributed by atoms with E-state index in [1.165, 1.54) is 43.9 Å². The van der Waals surface area contributed by atoms with Crippen LogP contribution in [-0.4, -0.2) is 41.1 Å². The fourth-order valence-corrected chi connectivity index (χ4v) is 4.11. The Hall–Kier alpha value is 0.270. The quantitative estimate of drug-likeness (QED) is 0.692. The minimum Gasteiger partial charge on any atom is -0.326 e. The lowest BCUT2D eigenvalue weighted by molar-refractivity contribution is 0.120. The van der Waals surface area contributed by atoms with E-state index >= 15 is 0 Å². The SMILES string of the molecule is CCN1CCC(N)C12CCSCC2. The van der Waals surface area contributed by atoms with Crippen LogP contribution in [-0.2, 0) is 0 Å². The molecule has 2 heterocycles. The highest BCUT2D eigenvalue weighted by atomic mass is 32.2. The molecule has 0 aliphatic carbocycles. The van der Waals surface area contributed by atoms with Crippen molar-refractivity contribution in [3.8, 4) is 0 Å². The molecule has 2 rings (SSSR count). The van der Waals surface area contributed by atoms with Crippen molar-refractivity contribution < 1.29 is 0 Å². The van der Waals surface area contributed by atoms with E-state index in [1.807, 2.05) is 0 Å². The van der Waals surface area contributed by atoms with Gasteiger partial charge in [-0.3, -0.25) is 4.90 Å². The van der Waals surface area contributed by atoms with Gasteiger partial charge in [-0.1, -0.05) is 6.92 Å². The van der Waals surface area contributed by atoms with Crippen LogP contribution in [0.4, 0.5) is 0 Å². The average Bonchev–Trinajstić information content (AvgIpc) is 2.46. The van der Waals surface area contributed by atoms with Crippen molar-refractivity contribution in [1.29, 1.82) is 0 Å². The third-order valence-electron chi connectivity index (χ3n) is 3.77. The molecule has 0 bridgehead atoms. The number of rotatable bonds is 1. The van der Waals surface area contributed by atoms with Gasteiger partial charge in [-0.2, -0.15) is 11.8 Å². The number of likely N-dealkylation sites (N-methyl/N-ethyl adjacent to an activating group) is 1. The molecule has 2 saturated heterocycles. The van der Waals surface area contributed by atoms with Gasteiger partial charge in [0.15, 0.2) is 0 Å². The van der Waals surface area contributed by atoms with Crippen LogP contribution in [0.25, 0.3) is 0 Å². The van der Waals surface area contributed by atoms with Crippen LogP contribution in [0.15, 0.2) is 0 Å². The summed E-state index contributed by atoms with van der Waals surface area (Å²) in [7, 11) is 0. The van der Waals surface area contributed by atoms with Gasteiger partial charge in [0.2, 0.25) is 0 Å². The van der Waals surface area contributed by atoms with Crippen LogP contribution in [0, 0.1) is 0 Å². The number of thioether (sulfide) groups is 1. The summed E-state index contributed by atoms with van der Waals surface area (Å²) in [6, 6.07) is 0.438. The van der Waals surface area contributed by atoms with Crippen molar-refractivity contribution >= 4 is 11.8 Å². The summed E-state index contributed by atoms with van der Waals surface area (Å²) < 4.78 is 0. The van der Waals surface area contributed by atoms with Crippen molar-refractivity contribution in [2.45, 2.75) is 37.8 Å². The first kappa shape index (κ1) is 9.81. The molecule has 2 aliphatic rings. The Morgan fingerprint density at radius 1 is 1.46 bits per heavy atom. The fourth-order valence-electron chi connectivity index (χ4n) is 2.91. The molecule has 0 aromatic heterocycles. The summed E-state index contributed by atoms with van der Waals surface area (Å²) in [5.41, 5.74) is 6.65. The molecular formula is C10H20N2S. The predicted octanol–water partition coefficient (Wildman–Crippen LogP) is 1.31. The van der Waals surface area contributed by atoms with Gasteiger partial charge in [-0.15, -0.1) is 0 Å². The highest BCUT2D eigenvalue weighted by molar-refractivity contribution is 7.99. The molecule has 13 heavy (non-hydrogen) atoms. The fraction of sp³-hybridized carbons (Fsp3) is 1.00. The number of nitrogens with two attached hydrogens (primary N) is 1. The summed E-state index contributed by atoms with van der Waals surface area (Å²) in [5, 5.41) is 0. The van der Waals surface area contributed by atoms with Gasteiger partial charge in [-0.25, -0.2) is 0 Å². The van der Waals surface area contributed by atoms with Crippen LogP contribution in [0.2, 0.25) is 0 Å². The summed E-state index contributed by atoms with van der Waals surface area (Å²) in [5.74, 6) is 2.62. The van der Waals surface area contributed by atoms with E-state index in [9.17, 15) is 0 Å². The van der Waals surface area contributed by atoms with E-state index in [-0.39, 0.29) is 0 Å². The number of nitrogens with zero attached hydrogens (tertiary/aromatic N) is 1. The first-order valence-corrected chi connectivity index (χ1v) is 6.53. The minimum absolute atomic E-state index is 0.389. The van der Waals surface area contributed by atoms with E-state index in [1.54, 1.807) is 0 Å². The highest BCUT2D eigenvalue weighted by Gasteiger charge is 2.46. The van der Waals surface area contributed by atoms with Gasteiger partial charge in [0, 0.05) is 18.1 Å². The largest absolute Gasteiger partial charge is 0.326 e. The van der Waals surface area contributed by atoms with Gasteiger partial charge >= 0.3 is 0 Å². The lowest BCUT2D eigenvalue weighted by Crippen LogP contribution is -2.55. The molecule has 2 nitrogen and oxygen atoms in total. The molecule has 3 heteroatoms. The van der Waals surface area contributed by atoms with Crippen molar-refractivity contribution in [1.82, 2.24) is 4.90 Å². The maximum absolute atomic E-state index is 6.26. The molecule has 0 radical (unpaired) electrons. The Morgan fingerprint density at radius 2 is 2.15 bits per heavy atom. The topological polar surface area (TPSA) is 29.3 Å². The third-order valence-corrected chi connectivity index (χ3v) is 4.76. The average molecular weight is 200 g/mol. The first-order chi connectivity index (χ1) is 6.29. The van der Waals surface area contributed by atoms with Gasteiger partial charge in [0.05, 0.1) is 0 Å². The second-order valence-electron chi connectivity index (χ2n) is 4.19. The van der Waals surface area contributed by atoms with Gasteiger partial charge in [-0.05, 0) is 37.3 Å².